The van der Waals surface area contributed by atoms with Crippen LogP contribution < -0.4 is 0 Å². The Kier molecular flexibility index (Phi) is 3.59. The number of thioether (sulfide) groups is 1. The van der Waals surface area contributed by atoms with Crippen LogP contribution in [0.1, 0.15) is 58.2 Å². The Morgan fingerprint density at radius 3 is 2.36 bits per heavy atom. The normalized spacial score (nSPS) is 37.5. The van der Waals surface area contributed by atoms with Crippen LogP contribution in [-0.4, -0.2) is 26.2 Å². The molecule has 4 aliphatic rings. The number of ketones is 1. The molecule has 5 rings (SSSR count). The number of hydrogen-bond donors (Lipinski definition) is 1. The summed E-state index contributed by atoms with van der Waals surface area (Å²) >= 11 is 1.53. The van der Waals surface area contributed by atoms with Crippen molar-refractivity contribution in [1.29, 1.82) is 0 Å². The lowest BCUT2D eigenvalue weighted by molar-refractivity contribution is -0.142. The zero-order chi connectivity index (χ0) is 15.3. The molecule has 4 fully saturated rings. The monoisotopic (exact) mass is 319 g/mol. The lowest BCUT2D eigenvalue weighted by atomic mass is 9.48. The Balaban J connectivity index is 1.48. The molecule has 0 spiro atoms. The smallest absolute Gasteiger partial charge is 0.209 e. The van der Waals surface area contributed by atoms with E-state index in [0.717, 1.165) is 54.4 Å². The molecule has 4 saturated carbocycles. The molecule has 4 bridgehead atoms. The van der Waals surface area contributed by atoms with E-state index in [1.165, 1.54) is 31.0 Å². The maximum atomic E-state index is 13.2. The van der Waals surface area contributed by atoms with Gasteiger partial charge in [-0.05, 0) is 63.2 Å². The Bertz CT molecular complexity index is 547. The maximum absolute atomic E-state index is 13.2. The van der Waals surface area contributed by atoms with Crippen LogP contribution in [-0.2, 0) is 11.2 Å². The van der Waals surface area contributed by atoms with Crippen LogP contribution in [0.15, 0.2) is 5.16 Å². The molecule has 0 radical (unpaired) electrons. The molecule has 1 heterocycles. The van der Waals surface area contributed by atoms with Gasteiger partial charge in [-0.3, -0.25) is 9.89 Å². The van der Waals surface area contributed by atoms with Crippen LogP contribution in [0, 0.1) is 23.2 Å². The van der Waals surface area contributed by atoms with E-state index in [1.807, 2.05) is 6.92 Å². The topological polar surface area (TPSA) is 58.6 Å². The number of carbonyl (C=O) groups excluding carboxylic acids is 1. The quantitative estimate of drug-likeness (QED) is 0.842. The summed E-state index contributed by atoms with van der Waals surface area (Å²) in [5.41, 5.74) is -0.00887. The van der Waals surface area contributed by atoms with Crippen molar-refractivity contribution in [3.8, 4) is 0 Å². The van der Waals surface area contributed by atoms with Crippen molar-refractivity contribution in [3.05, 3.63) is 5.82 Å². The van der Waals surface area contributed by atoms with Crippen LogP contribution in [0.5, 0.6) is 0 Å². The van der Waals surface area contributed by atoms with E-state index in [-0.39, 0.29) is 10.7 Å². The fourth-order valence-corrected chi connectivity index (χ4v) is 6.48. The van der Waals surface area contributed by atoms with Crippen molar-refractivity contribution in [2.45, 2.75) is 69.2 Å². The Hall–Kier alpha value is -0.840. The molecule has 4 nitrogen and oxygen atoms in total. The molecule has 0 unspecified atom stereocenters. The van der Waals surface area contributed by atoms with Gasteiger partial charge in [-0.1, -0.05) is 18.7 Å². The van der Waals surface area contributed by atoms with Gasteiger partial charge in [0.05, 0.1) is 5.25 Å². The van der Waals surface area contributed by atoms with Gasteiger partial charge in [-0.15, -0.1) is 5.10 Å². The van der Waals surface area contributed by atoms with Gasteiger partial charge in [0, 0.05) is 11.8 Å². The van der Waals surface area contributed by atoms with Crippen molar-refractivity contribution in [2.75, 3.05) is 0 Å². The van der Waals surface area contributed by atoms with Crippen molar-refractivity contribution >= 4 is 17.5 Å². The summed E-state index contributed by atoms with van der Waals surface area (Å²) in [7, 11) is 0. The highest BCUT2D eigenvalue weighted by atomic mass is 32.2. The van der Waals surface area contributed by atoms with Gasteiger partial charge in [-0.2, -0.15) is 0 Å². The molecule has 0 saturated heterocycles. The summed E-state index contributed by atoms with van der Waals surface area (Å²) in [4.78, 5) is 17.6. The average Bonchev–Trinajstić information content (AvgIpc) is 2.92. The lowest BCUT2D eigenvalue weighted by Crippen LogP contribution is -2.51. The number of nitrogens with zero attached hydrogens (tertiary/aromatic N) is 2. The average molecular weight is 319 g/mol. The second-order valence-electron chi connectivity index (χ2n) is 7.74. The molecule has 22 heavy (non-hydrogen) atoms. The van der Waals surface area contributed by atoms with E-state index in [9.17, 15) is 4.79 Å². The Morgan fingerprint density at radius 2 is 1.86 bits per heavy atom. The molecule has 5 heteroatoms. The van der Waals surface area contributed by atoms with E-state index in [0.29, 0.717) is 5.78 Å². The number of hydrogen-bond acceptors (Lipinski definition) is 4. The van der Waals surface area contributed by atoms with Gasteiger partial charge in [0.1, 0.15) is 5.82 Å². The third-order valence-corrected chi connectivity index (χ3v) is 7.02. The number of aromatic amines is 1. The maximum Gasteiger partial charge on any atom is 0.209 e. The summed E-state index contributed by atoms with van der Waals surface area (Å²) in [6, 6.07) is 0. The van der Waals surface area contributed by atoms with Gasteiger partial charge in [0.25, 0.3) is 0 Å². The fraction of sp³-hybridized carbons (Fsp3) is 0.824. The lowest BCUT2D eigenvalue weighted by Gasteiger charge is -2.56. The van der Waals surface area contributed by atoms with Gasteiger partial charge < -0.3 is 0 Å². The Morgan fingerprint density at radius 1 is 1.27 bits per heavy atom. The third kappa shape index (κ3) is 2.41. The molecule has 1 aromatic heterocycles. The highest BCUT2D eigenvalue weighted by Gasteiger charge is 2.55. The molecular formula is C17H25N3OS. The van der Waals surface area contributed by atoms with Crippen LogP contribution in [0.2, 0.25) is 0 Å². The summed E-state index contributed by atoms with van der Waals surface area (Å²) < 4.78 is 0. The molecule has 4 aliphatic carbocycles. The van der Waals surface area contributed by atoms with E-state index in [2.05, 4.69) is 22.1 Å². The minimum absolute atomic E-state index is 0.00887. The van der Waals surface area contributed by atoms with Gasteiger partial charge in [0.2, 0.25) is 5.16 Å². The van der Waals surface area contributed by atoms with Crippen molar-refractivity contribution in [2.24, 2.45) is 23.2 Å². The van der Waals surface area contributed by atoms with E-state index < -0.39 is 0 Å². The molecule has 0 aromatic carbocycles. The van der Waals surface area contributed by atoms with E-state index >= 15 is 0 Å². The predicted octanol–water partition coefficient (Wildman–Crippen LogP) is 3.63. The summed E-state index contributed by atoms with van der Waals surface area (Å²) in [5.74, 6) is 3.84. The van der Waals surface area contributed by atoms with Crippen LogP contribution in [0.3, 0.4) is 0 Å². The third-order valence-electron chi connectivity index (χ3n) is 6.06. The minimum Gasteiger partial charge on any atom is -0.298 e. The van der Waals surface area contributed by atoms with Crippen molar-refractivity contribution in [1.82, 2.24) is 15.2 Å². The standard InChI is InChI=1S/C17H25N3OS/c1-3-14-18-16(20-19-14)22-10(2)15(21)17-7-11-4-12(8-17)6-13(5-11)9-17/h10-13H,3-9H2,1-2H3,(H,18,19,20)/t10-,11?,12?,13?,17?/m1/s1. The number of Topliss-reactive ketones (excluding diaryl/α,β-unsaturated/α-hetero) is 1. The summed E-state index contributed by atoms with van der Waals surface area (Å²) in [6.45, 7) is 4.10. The number of aryl methyl sites for hydroxylation is 1. The predicted molar refractivity (Wildman–Crippen MR) is 86.7 cm³/mol. The van der Waals surface area contributed by atoms with Gasteiger partial charge >= 0.3 is 0 Å². The first-order chi connectivity index (χ1) is 10.6. The largest absolute Gasteiger partial charge is 0.298 e. The molecule has 120 valence electrons. The molecule has 1 N–H and O–H groups in total. The number of rotatable bonds is 5. The van der Waals surface area contributed by atoms with E-state index in [1.54, 1.807) is 0 Å². The first kappa shape index (κ1) is 14.7. The number of H-pyrrole nitrogens is 1. The highest BCUT2D eigenvalue weighted by Crippen LogP contribution is 2.61. The molecule has 1 atom stereocenters. The van der Waals surface area contributed by atoms with Crippen LogP contribution >= 0.6 is 11.8 Å². The minimum atomic E-state index is -0.0308. The number of nitrogens with one attached hydrogen (secondary N) is 1. The summed E-state index contributed by atoms with van der Waals surface area (Å²) in [6.07, 6.45) is 8.45. The summed E-state index contributed by atoms with van der Waals surface area (Å²) in [5, 5.41) is 7.87. The zero-order valence-corrected chi connectivity index (χ0v) is 14.3. The van der Waals surface area contributed by atoms with Gasteiger partial charge in [-0.25, -0.2) is 4.98 Å². The molecule has 0 amide bonds. The van der Waals surface area contributed by atoms with E-state index in [4.69, 9.17) is 0 Å². The molecule has 1 aromatic rings. The SMILES string of the molecule is CCc1nc(S[C@H](C)C(=O)C23CC4CC(CC(C4)C2)C3)n[nH]1. The first-order valence-electron chi connectivity index (χ1n) is 8.70. The van der Waals surface area contributed by atoms with Gasteiger partial charge in [0.15, 0.2) is 5.78 Å². The van der Waals surface area contributed by atoms with Crippen LogP contribution in [0.25, 0.3) is 0 Å². The molecular weight excluding hydrogens is 294 g/mol. The van der Waals surface area contributed by atoms with Crippen molar-refractivity contribution < 1.29 is 4.79 Å². The second-order valence-corrected chi connectivity index (χ2v) is 9.05. The van der Waals surface area contributed by atoms with Crippen molar-refractivity contribution in [3.63, 3.8) is 0 Å². The fourth-order valence-electron chi connectivity index (χ4n) is 5.54. The highest BCUT2D eigenvalue weighted by molar-refractivity contribution is 8.00. The zero-order valence-electron chi connectivity index (χ0n) is 13.5. The number of aromatic nitrogens is 3. The second kappa shape index (κ2) is 5.36. The molecule has 0 aliphatic heterocycles. The van der Waals surface area contributed by atoms with Crippen LogP contribution in [0.4, 0.5) is 0 Å². The number of carbonyl (C=O) groups is 1. The Labute approximate surface area is 136 Å². The first-order valence-corrected chi connectivity index (χ1v) is 9.58.